The van der Waals surface area contributed by atoms with Gasteiger partial charge in [0.15, 0.2) is 11.5 Å². The van der Waals surface area contributed by atoms with E-state index in [0.29, 0.717) is 23.7 Å². The number of hydrogen-bond acceptors (Lipinski definition) is 4. The van der Waals surface area contributed by atoms with Crippen LogP contribution < -0.4 is 14.8 Å². The molecule has 7 heteroatoms. The van der Waals surface area contributed by atoms with Crippen molar-refractivity contribution in [2.75, 3.05) is 27.8 Å². The van der Waals surface area contributed by atoms with Crippen LogP contribution in [-0.4, -0.2) is 50.6 Å². The molecule has 2 amide bonds. The molecule has 0 aliphatic heterocycles. The third-order valence-electron chi connectivity index (χ3n) is 3.60. The van der Waals surface area contributed by atoms with Gasteiger partial charge in [0, 0.05) is 19.7 Å². The zero-order chi connectivity index (χ0) is 19.1. The highest BCUT2D eigenvalue weighted by molar-refractivity contribution is 6.32. The van der Waals surface area contributed by atoms with E-state index in [9.17, 15) is 9.59 Å². The van der Waals surface area contributed by atoms with Gasteiger partial charge in [0.25, 0.3) is 5.91 Å². The maximum absolute atomic E-state index is 12.6. The van der Waals surface area contributed by atoms with E-state index in [-0.39, 0.29) is 16.8 Å². The number of hydrogen-bond donors (Lipinski definition) is 1. The first-order valence-electron chi connectivity index (χ1n) is 8.25. The van der Waals surface area contributed by atoms with Crippen molar-refractivity contribution in [3.05, 3.63) is 22.7 Å². The van der Waals surface area contributed by atoms with Crippen LogP contribution in [0.15, 0.2) is 12.1 Å². The topological polar surface area (TPSA) is 67.9 Å². The lowest BCUT2D eigenvalue weighted by Gasteiger charge is -2.25. The van der Waals surface area contributed by atoms with E-state index in [2.05, 4.69) is 5.32 Å². The van der Waals surface area contributed by atoms with E-state index < -0.39 is 11.9 Å². The maximum Gasteiger partial charge on any atom is 0.252 e. The molecule has 0 saturated carbocycles. The van der Waals surface area contributed by atoms with Crippen LogP contribution in [0.2, 0.25) is 5.02 Å². The second-order valence-corrected chi connectivity index (χ2v) is 6.67. The van der Waals surface area contributed by atoms with Gasteiger partial charge in [-0.25, -0.2) is 0 Å². The van der Waals surface area contributed by atoms with Gasteiger partial charge in [-0.3, -0.25) is 9.59 Å². The SMILES string of the molecule is CCCOc1c(Cl)cc(C(=O)N[C@H](C(=O)N(C)C)C(C)C)cc1OC. The molecule has 1 atom stereocenters. The number of likely N-dealkylation sites (N-methyl/N-ethyl adjacent to an activating group) is 1. The Balaban J connectivity index is 3.08. The Morgan fingerprint density at radius 2 is 1.92 bits per heavy atom. The quantitative estimate of drug-likeness (QED) is 0.763. The molecule has 0 heterocycles. The molecular formula is C18H27ClN2O4. The Morgan fingerprint density at radius 3 is 2.40 bits per heavy atom. The average molecular weight is 371 g/mol. The first-order valence-corrected chi connectivity index (χ1v) is 8.63. The van der Waals surface area contributed by atoms with Gasteiger partial charge in [-0.05, 0) is 24.5 Å². The van der Waals surface area contributed by atoms with Gasteiger partial charge in [0.05, 0.1) is 18.7 Å². The van der Waals surface area contributed by atoms with E-state index in [4.69, 9.17) is 21.1 Å². The first kappa shape index (κ1) is 21.1. The fourth-order valence-corrected chi connectivity index (χ4v) is 2.48. The monoisotopic (exact) mass is 370 g/mol. The predicted molar refractivity (Wildman–Crippen MR) is 98.6 cm³/mol. The summed E-state index contributed by atoms with van der Waals surface area (Å²) >= 11 is 6.25. The number of halogens is 1. The lowest BCUT2D eigenvalue weighted by atomic mass is 10.0. The summed E-state index contributed by atoms with van der Waals surface area (Å²) < 4.78 is 10.9. The number of methoxy groups -OCH3 is 1. The summed E-state index contributed by atoms with van der Waals surface area (Å²) in [4.78, 5) is 26.3. The van der Waals surface area contributed by atoms with Crippen molar-refractivity contribution in [1.29, 1.82) is 0 Å². The van der Waals surface area contributed by atoms with Crippen molar-refractivity contribution in [1.82, 2.24) is 10.2 Å². The van der Waals surface area contributed by atoms with E-state index in [0.717, 1.165) is 6.42 Å². The van der Waals surface area contributed by atoms with Gasteiger partial charge < -0.3 is 19.7 Å². The molecular weight excluding hydrogens is 344 g/mol. The zero-order valence-electron chi connectivity index (χ0n) is 15.7. The Bertz CT molecular complexity index is 617. The number of carbonyl (C=O) groups excluding carboxylic acids is 2. The minimum atomic E-state index is -0.622. The highest BCUT2D eigenvalue weighted by Gasteiger charge is 2.26. The van der Waals surface area contributed by atoms with E-state index in [1.807, 2.05) is 20.8 Å². The van der Waals surface area contributed by atoms with E-state index in [1.54, 1.807) is 20.2 Å². The Hall–Kier alpha value is -1.95. The molecule has 0 radical (unpaired) electrons. The minimum absolute atomic E-state index is 0.0524. The smallest absolute Gasteiger partial charge is 0.252 e. The summed E-state index contributed by atoms with van der Waals surface area (Å²) in [6.07, 6.45) is 0.824. The highest BCUT2D eigenvalue weighted by Crippen LogP contribution is 2.36. The van der Waals surface area contributed by atoms with Crippen LogP contribution in [0.25, 0.3) is 0 Å². The normalized spacial score (nSPS) is 11.8. The summed E-state index contributed by atoms with van der Waals surface area (Å²) in [5.74, 6) is 0.183. The van der Waals surface area contributed by atoms with E-state index in [1.165, 1.54) is 18.1 Å². The van der Waals surface area contributed by atoms with Crippen LogP contribution in [0.3, 0.4) is 0 Å². The molecule has 1 aromatic carbocycles. The Morgan fingerprint density at radius 1 is 1.28 bits per heavy atom. The number of nitrogens with one attached hydrogen (secondary N) is 1. The van der Waals surface area contributed by atoms with Crippen LogP contribution >= 0.6 is 11.6 Å². The van der Waals surface area contributed by atoms with E-state index >= 15 is 0 Å². The summed E-state index contributed by atoms with van der Waals surface area (Å²) in [7, 11) is 4.80. The summed E-state index contributed by atoms with van der Waals surface area (Å²) in [5.41, 5.74) is 0.308. The second-order valence-electron chi connectivity index (χ2n) is 6.27. The molecule has 0 aromatic heterocycles. The molecule has 0 bridgehead atoms. The van der Waals surface area contributed by atoms with Gasteiger partial charge in [0.2, 0.25) is 5.91 Å². The molecule has 1 N–H and O–H groups in total. The van der Waals surface area contributed by atoms with Crippen LogP contribution in [0.5, 0.6) is 11.5 Å². The fourth-order valence-electron chi connectivity index (χ4n) is 2.21. The lowest BCUT2D eigenvalue weighted by molar-refractivity contribution is -0.131. The number of benzene rings is 1. The van der Waals surface area contributed by atoms with Crippen molar-refractivity contribution in [2.24, 2.45) is 5.92 Å². The molecule has 0 saturated heterocycles. The standard InChI is InChI=1S/C18H27ClN2O4/c1-7-8-25-16-13(19)9-12(10-14(16)24-6)17(22)20-15(11(2)3)18(23)21(4)5/h9-11,15H,7-8H2,1-6H3,(H,20,22)/t15-/m0/s1. The maximum atomic E-state index is 12.6. The Labute approximate surface area is 154 Å². The van der Waals surface area contributed by atoms with Crippen molar-refractivity contribution < 1.29 is 19.1 Å². The second kappa shape index (κ2) is 9.51. The third-order valence-corrected chi connectivity index (χ3v) is 3.88. The average Bonchev–Trinajstić information content (AvgIpc) is 2.56. The number of nitrogens with zero attached hydrogens (tertiary/aromatic N) is 1. The molecule has 0 spiro atoms. The molecule has 0 aliphatic rings. The summed E-state index contributed by atoms with van der Waals surface area (Å²) in [5, 5.41) is 3.06. The molecule has 0 fully saturated rings. The fraction of sp³-hybridized carbons (Fsp3) is 0.556. The molecule has 1 aromatic rings. The van der Waals surface area contributed by atoms with Gasteiger partial charge in [-0.15, -0.1) is 0 Å². The minimum Gasteiger partial charge on any atom is -0.493 e. The molecule has 25 heavy (non-hydrogen) atoms. The van der Waals surface area contributed by atoms with Crippen molar-refractivity contribution >= 4 is 23.4 Å². The molecule has 0 aliphatic carbocycles. The molecule has 1 rings (SSSR count). The lowest BCUT2D eigenvalue weighted by Crippen LogP contribution is -2.49. The summed E-state index contributed by atoms with van der Waals surface area (Å²) in [6.45, 7) is 6.23. The van der Waals surface area contributed by atoms with Crippen molar-refractivity contribution in [3.63, 3.8) is 0 Å². The largest absolute Gasteiger partial charge is 0.493 e. The number of ether oxygens (including phenoxy) is 2. The van der Waals surface area contributed by atoms with Gasteiger partial charge in [-0.1, -0.05) is 32.4 Å². The van der Waals surface area contributed by atoms with Crippen LogP contribution in [0.4, 0.5) is 0 Å². The van der Waals surface area contributed by atoms with Gasteiger partial charge in [-0.2, -0.15) is 0 Å². The highest BCUT2D eigenvalue weighted by atomic mass is 35.5. The third kappa shape index (κ3) is 5.53. The number of carbonyl (C=O) groups is 2. The first-order chi connectivity index (χ1) is 11.7. The van der Waals surface area contributed by atoms with Crippen LogP contribution in [0, 0.1) is 5.92 Å². The van der Waals surface area contributed by atoms with Gasteiger partial charge >= 0.3 is 0 Å². The predicted octanol–water partition coefficient (Wildman–Crippen LogP) is 2.98. The van der Waals surface area contributed by atoms with Crippen molar-refractivity contribution in [3.8, 4) is 11.5 Å². The Kier molecular flexibility index (Phi) is 8.03. The summed E-state index contributed by atoms with van der Waals surface area (Å²) in [6, 6.07) is 2.45. The van der Waals surface area contributed by atoms with Crippen LogP contribution in [-0.2, 0) is 4.79 Å². The molecule has 6 nitrogen and oxygen atoms in total. The number of amides is 2. The molecule has 0 unspecified atom stereocenters. The van der Waals surface area contributed by atoms with Crippen LogP contribution in [0.1, 0.15) is 37.6 Å². The van der Waals surface area contributed by atoms with Crippen molar-refractivity contribution in [2.45, 2.75) is 33.2 Å². The van der Waals surface area contributed by atoms with Gasteiger partial charge in [0.1, 0.15) is 6.04 Å². The number of rotatable bonds is 8. The molecule has 140 valence electrons. The zero-order valence-corrected chi connectivity index (χ0v) is 16.4.